The fourth-order valence-electron chi connectivity index (χ4n) is 8.04. The first-order chi connectivity index (χ1) is 26.8. The first-order valence-corrected chi connectivity index (χ1v) is 18.5. The topological polar surface area (TPSA) is 8.17 Å². The summed E-state index contributed by atoms with van der Waals surface area (Å²) in [6.07, 6.45) is 0. The Balaban J connectivity index is 1.26. The van der Waals surface area contributed by atoms with Crippen LogP contribution in [0.2, 0.25) is 0 Å². The van der Waals surface area contributed by atoms with Gasteiger partial charge in [-0.15, -0.1) is 0 Å². The van der Waals surface area contributed by atoms with Crippen LogP contribution in [0.3, 0.4) is 0 Å². The van der Waals surface area contributed by atoms with E-state index in [1.165, 1.54) is 66.0 Å². The number of nitrogens with zero attached hydrogens (tertiary/aromatic N) is 2. The van der Waals surface area contributed by atoms with Crippen LogP contribution >= 0.6 is 0 Å². The molecule has 0 aliphatic heterocycles. The van der Waals surface area contributed by atoms with Crippen molar-refractivity contribution in [3.63, 3.8) is 0 Å². The van der Waals surface area contributed by atoms with Crippen LogP contribution in [-0.4, -0.2) is 4.57 Å². The zero-order valence-electron chi connectivity index (χ0n) is 29.7. The number of para-hydroxylation sites is 1. The lowest BCUT2D eigenvalue weighted by molar-refractivity contribution is 1.18. The third-order valence-corrected chi connectivity index (χ3v) is 10.5. The van der Waals surface area contributed by atoms with Gasteiger partial charge in [0.1, 0.15) is 0 Å². The summed E-state index contributed by atoms with van der Waals surface area (Å²) in [5.41, 5.74) is 14.0. The maximum atomic E-state index is 2.46. The van der Waals surface area contributed by atoms with Crippen molar-refractivity contribution in [2.75, 3.05) is 4.90 Å². The van der Waals surface area contributed by atoms with E-state index < -0.39 is 0 Å². The molecule has 0 aliphatic carbocycles. The van der Waals surface area contributed by atoms with Gasteiger partial charge in [-0.3, -0.25) is 0 Å². The highest BCUT2D eigenvalue weighted by atomic mass is 15.1. The second kappa shape index (κ2) is 13.4. The van der Waals surface area contributed by atoms with Gasteiger partial charge < -0.3 is 9.47 Å². The molecule has 0 saturated heterocycles. The molecule has 0 aliphatic rings. The van der Waals surface area contributed by atoms with Crippen LogP contribution in [0.1, 0.15) is 0 Å². The third kappa shape index (κ3) is 5.53. The average molecular weight is 689 g/mol. The second-order valence-electron chi connectivity index (χ2n) is 13.8. The Morgan fingerprint density at radius 3 is 1.57 bits per heavy atom. The van der Waals surface area contributed by atoms with Crippen LogP contribution in [0.25, 0.3) is 71.6 Å². The fourth-order valence-corrected chi connectivity index (χ4v) is 8.04. The summed E-state index contributed by atoms with van der Waals surface area (Å²) in [6, 6.07) is 78.9. The van der Waals surface area contributed by atoms with Gasteiger partial charge in [-0.2, -0.15) is 0 Å². The zero-order chi connectivity index (χ0) is 35.8. The zero-order valence-corrected chi connectivity index (χ0v) is 29.7. The van der Waals surface area contributed by atoms with Gasteiger partial charge >= 0.3 is 0 Å². The van der Waals surface area contributed by atoms with Crippen molar-refractivity contribution in [1.29, 1.82) is 0 Å². The number of hydrogen-bond acceptors (Lipinski definition) is 1. The molecule has 2 nitrogen and oxygen atoms in total. The van der Waals surface area contributed by atoms with Gasteiger partial charge in [0.2, 0.25) is 0 Å². The predicted molar refractivity (Wildman–Crippen MR) is 229 cm³/mol. The van der Waals surface area contributed by atoms with E-state index in [-0.39, 0.29) is 0 Å². The first-order valence-electron chi connectivity index (χ1n) is 18.5. The van der Waals surface area contributed by atoms with Crippen LogP contribution in [0.15, 0.2) is 218 Å². The van der Waals surface area contributed by atoms with Gasteiger partial charge in [0.15, 0.2) is 0 Å². The Labute approximate surface area is 315 Å². The summed E-state index contributed by atoms with van der Waals surface area (Å²) in [5.74, 6) is 0. The SMILES string of the molecule is c1ccc(-c2ccc(N(c3cccc(-c4ccccc4)c3)c3ccc4c(c3)c3c(-c5ccccc5)cc5ccccc5c3n4-c3ccccc3)cc2)cc1. The summed E-state index contributed by atoms with van der Waals surface area (Å²) in [6.45, 7) is 0. The minimum atomic E-state index is 1.10. The van der Waals surface area contributed by atoms with E-state index in [2.05, 4.69) is 228 Å². The van der Waals surface area contributed by atoms with Gasteiger partial charge in [0.25, 0.3) is 0 Å². The number of hydrogen-bond donors (Lipinski definition) is 0. The standard InChI is InChI=1S/C52H36N2/c1-5-16-37(17-6-1)39-28-30-44(31-29-39)53(45-26-15-23-41(34-45)38-18-7-2-8-19-38)46-32-33-50-49(36-46)51-48(40-20-9-3-10-21-40)35-42-22-13-14-27-47(42)52(51)54(50)43-24-11-4-12-25-43/h1-36H. The molecule has 0 fully saturated rings. The Kier molecular flexibility index (Phi) is 7.85. The van der Waals surface area contributed by atoms with E-state index in [4.69, 9.17) is 0 Å². The third-order valence-electron chi connectivity index (χ3n) is 10.5. The second-order valence-corrected chi connectivity index (χ2v) is 13.8. The molecule has 10 rings (SSSR count). The van der Waals surface area contributed by atoms with Gasteiger partial charge in [-0.05, 0) is 99.4 Å². The highest BCUT2D eigenvalue weighted by Crippen LogP contribution is 2.45. The lowest BCUT2D eigenvalue weighted by Gasteiger charge is -2.26. The van der Waals surface area contributed by atoms with Crippen molar-refractivity contribution in [2.45, 2.75) is 0 Å². The molecule has 1 heterocycles. The van der Waals surface area contributed by atoms with Gasteiger partial charge in [0, 0.05) is 38.9 Å². The molecule has 0 bridgehead atoms. The van der Waals surface area contributed by atoms with Crippen LogP contribution in [0, 0.1) is 0 Å². The Hall–Kier alpha value is -7.16. The first kappa shape index (κ1) is 31.6. The largest absolute Gasteiger partial charge is 0.310 e. The number of fused-ring (bicyclic) bond motifs is 5. The summed E-state index contributed by atoms with van der Waals surface area (Å²) in [7, 11) is 0. The lowest BCUT2D eigenvalue weighted by Crippen LogP contribution is -2.10. The van der Waals surface area contributed by atoms with Crippen molar-refractivity contribution in [2.24, 2.45) is 0 Å². The summed E-state index contributed by atoms with van der Waals surface area (Å²) in [5, 5.41) is 4.92. The van der Waals surface area contributed by atoms with Gasteiger partial charge in [-0.25, -0.2) is 0 Å². The number of rotatable bonds is 7. The van der Waals surface area contributed by atoms with Crippen molar-refractivity contribution < 1.29 is 0 Å². The number of aromatic nitrogens is 1. The Morgan fingerprint density at radius 1 is 0.333 bits per heavy atom. The molecule has 0 saturated carbocycles. The molecule has 1 aromatic heterocycles. The van der Waals surface area contributed by atoms with Crippen molar-refractivity contribution in [1.82, 2.24) is 4.57 Å². The normalized spacial score (nSPS) is 11.3. The molecule has 9 aromatic carbocycles. The molecule has 0 unspecified atom stereocenters. The van der Waals surface area contributed by atoms with E-state index in [9.17, 15) is 0 Å². The number of benzene rings is 9. The van der Waals surface area contributed by atoms with E-state index >= 15 is 0 Å². The highest BCUT2D eigenvalue weighted by Gasteiger charge is 2.22. The Morgan fingerprint density at radius 2 is 0.870 bits per heavy atom. The molecule has 2 heteroatoms. The molecular formula is C52H36N2. The van der Waals surface area contributed by atoms with Crippen LogP contribution < -0.4 is 4.90 Å². The molecule has 0 spiro atoms. The van der Waals surface area contributed by atoms with Crippen molar-refractivity contribution >= 4 is 49.6 Å². The van der Waals surface area contributed by atoms with Crippen LogP contribution in [0.4, 0.5) is 17.1 Å². The maximum Gasteiger partial charge on any atom is 0.0625 e. The Bertz CT molecular complexity index is 2890. The molecule has 0 N–H and O–H groups in total. The van der Waals surface area contributed by atoms with E-state index in [0.29, 0.717) is 0 Å². The molecule has 254 valence electrons. The molecule has 0 radical (unpaired) electrons. The molecule has 0 atom stereocenters. The maximum absolute atomic E-state index is 2.46. The monoisotopic (exact) mass is 688 g/mol. The summed E-state index contributed by atoms with van der Waals surface area (Å²) in [4.78, 5) is 2.40. The molecule has 10 aromatic rings. The van der Waals surface area contributed by atoms with Crippen LogP contribution in [-0.2, 0) is 0 Å². The average Bonchev–Trinajstić information content (AvgIpc) is 3.60. The smallest absolute Gasteiger partial charge is 0.0625 e. The highest BCUT2D eigenvalue weighted by molar-refractivity contribution is 6.24. The van der Waals surface area contributed by atoms with Crippen LogP contribution in [0.5, 0.6) is 0 Å². The van der Waals surface area contributed by atoms with Crippen molar-refractivity contribution in [3.8, 4) is 39.1 Å². The van der Waals surface area contributed by atoms with Gasteiger partial charge in [0.05, 0.1) is 11.0 Å². The molecule has 54 heavy (non-hydrogen) atoms. The molecular weight excluding hydrogens is 653 g/mol. The minimum Gasteiger partial charge on any atom is -0.310 e. The van der Waals surface area contributed by atoms with E-state index in [0.717, 1.165) is 22.7 Å². The van der Waals surface area contributed by atoms with E-state index in [1.54, 1.807) is 0 Å². The molecule has 0 amide bonds. The predicted octanol–water partition coefficient (Wildman–Crippen LogP) is 14.4. The quantitative estimate of drug-likeness (QED) is 0.162. The van der Waals surface area contributed by atoms with Gasteiger partial charge in [-0.1, -0.05) is 158 Å². The fraction of sp³-hybridized carbons (Fsp3) is 0. The minimum absolute atomic E-state index is 1.10. The lowest BCUT2D eigenvalue weighted by atomic mass is 9.95. The van der Waals surface area contributed by atoms with E-state index in [1.807, 2.05) is 0 Å². The summed E-state index contributed by atoms with van der Waals surface area (Å²) >= 11 is 0. The number of anilines is 3. The van der Waals surface area contributed by atoms with Crippen molar-refractivity contribution in [3.05, 3.63) is 218 Å². The summed E-state index contributed by atoms with van der Waals surface area (Å²) < 4.78 is 2.46.